The van der Waals surface area contributed by atoms with Crippen LogP contribution in [0.25, 0.3) is 10.9 Å². The Morgan fingerprint density at radius 2 is 1.93 bits per heavy atom. The van der Waals surface area contributed by atoms with Crippen molar-refractivity contribution < 1.29 is 19.1 Å². The fourth-order valence-corrected chi connectivity index (χ4v) is 4.11. The van der Waals surface area contributed by atoms with E-state index < -0.39 is 11.2 Å². The molecule has 1 aromatic carbocycles. The van der Waals surface area contributed by atoms with E-state index in [-0.39, 0.29) is 18.2 Å². The predicted molar refractivity (Wildman–Crippen MR) is 114 cm³/mol. The molecule has 8 heteroatoms. The van der Waals surface area contributed by atoms with Crippen molar-refractivity contribution in [2.45, 2.75) is 64.7 Å². The molecule has 0 atom stereocenters. The zero-order chi connectivity index (χ0) is 21.7. The molecule has 1 spiro atoms. The number of carbonyl (C=O) groups excluding carboxylic acids is 2. The molecule has 0 unspecified atom stereocenters. The maximum absolute atomic E-state index is 12.7. The average molecular weight is 415 g/mol. The number of hydrogen-bond acceptors (Lipinski definition) is 5. The lowest BCUT2D eigenvalue weighted by Gasteiger charge is -2.37. The molecule has 0 saturated carbocycles. The van der Waals surface area contributed by atoms with E-state index in [0.29, 0.717) is 32.5 Å². The Labute approximate surface area is 176 Å². The second-order valence-corrected chi connectivity index (χ2v) is 9.53. The maximum Gasteiger partial charge on any atom is 0.415 e. The summed E-state index contributed by atoms with van der Waals surface area (Å²) in [5.41, 5.74) is 0.713. The number of fused-ring (bicyclic) bond motifs is 1. The molecular formula is C22H30N4O4. The third-order valence-corrected chi connectivity index (χ3v) is 5.68. The second kappa shape index (κ2) is 7.18. The smallest absolute Gasteiger partial charge is 0.415 e. The van der Waals surface area contributed by atoms with Gasteiger partial charge in [-0.3, -0.25) is 9.58 Å². The highest BCUT2D eigenvalue weighted by molar-refractivity contribution is 5.93. The van der Waals surface area contributed by atoms with Crippen LogP contribution in [-0.2, 0) is 9.47 Å². The first-order valence-electron chi connectivity index (χ1n) is 10.5. The molecule has 0 N–H and O–H groups in total. The van der Waals surface area contributed by atoms with Crippen LogP contribution >= 0.6 is 0 Å². The van der Waals surface area contributed by atoms with Crippen LogP contribution in [0.1, 0.15) is 53.5 Å². The molecule has 2 fully saturated rings. The molecule has 1 aromatic heterocycles. The van der Waals surface area contributed by atoms with Gasteiger partial charge in [0.25, 0.3) is 0 Å². The fraction of sp³-hybridized carbons (Fsp3) is 0.591. The number of benzene rings is 1. The van der Waals surface area contributed by atoms with Crippen molar-refractivity contribution in [2.24, 2.45) is 0 Å². The molecule has 0 bridgehead atoms. The topological polar surface area (TPSA) is 76.9 Å². The van der Waals surface area contributed by atoms with Crippen LogP contribution in [0.2, 0.25) is 0 Å². The van der Waals surface area contributed by atoms with Crippen LogP contribution in [0.3, 0.4) is 0 Å². The third-order valence-electron chi connectivity index (χ3n) is 5.68. The number of carbonyl (C=O) groups is 2. The van der Waals surface area contributed by atoms with Crippen molar-refractivity contribution in [2.75, 3.05) is 24.5 Å². The number of hydrogen-bond donors (Lipinski definition) is 0. The lowest BCUT2D eigenvalue weighted by atomic mass is 9.91. The SMILES string of the molecule is CC(C)n1ncc2ccc(N3CC4(CCN(C(=O)OC(C)(C)C)CC4)OC3=O)cc21. The number of ether oxygens (including phenoxy) is 2. The van der Waals surface area contributed by atoms with Crippen molar-refractivity contribution in [3.05, 3.63) is 24.4 Å². The summed E-state index contributed by atoms with van der Waals surface area (Å²) in [6.45, 7) is 11.2. The minimum Gasteiger partial charge on any atom is -0.444 e. The lowest BCUT2D eigenvalue weighted by Crippen LogP contribution is -2.49. The van der Waals surface area contributed by atoms with Gasteiger partial charge in [0.15, 0.2) is 0 Å². The fourth-order valence-electron chi connectivity index (χ4n) is 4.11. The molecule has 2 aromatic rings. The summed E-state index contributed by atoms with van der Waals surface area (Å²) in [6, 6.07) is 6.15. The van der Waals surface area contributed by atoms with E-state index >= 15 is 0 Å². The molecule has 2 amide bonds. The first kappa shape index (κ1) is 20.5. The molecule has 30 heavy (non-hydrogen) atoms. The van der Waals surface area contributed by atoms with Crippen LogP contribution < -0.4 is 4.90 Å². The highest BCUT2D eigenvalue weighted by atomic mass is 16.6. The van der Waals surface area contributed by atoms with Gasteiger partial charge in [-0.15, -0.1) is 0 Å². The van der Waals surface area contributed by atoms with E-state index in [1.165, 1.54) is 0 Å². The van der Waals surface area contributed by atoms with Crippen LogP contribution in [0.4, 0.5) is 15.3 Å². The molecule has 0 radical (unpaired) electrons. The molecular weight excluding hydrogens is 384 g/mol. The lowest BCUT2D eigenvalue weighted by molar-refractivity contribution is -0.0167. The van der Waals surface area contributed by atoms with Crippen molar-refractivity contribution in [1.82, 2.24) is 14.7 Å². The zero-order valence-corrected chi connectivity index (χ0v) is 18.3. The summed E-state index contributed by atoms with van der Waals surface area (Å²) in [5, 5.41) is 5.49. The van der Waals surface area contributed by atoms with Gasteiger partial charge in [0, 0.05) is 43.0 Å². The van der Waals surface area contributed by atoms with Crippen LogP contribution in [0.15, 0.2) is 24.4 Å². The largest absolute Gasteiger partial charge is 0.444 e. The molecule has 2 aliphatic heterocycles. The molecule has 8 nitrogen and oxygen atoms in total. The molecule has 2 aliphatic rings. The van der Waals surface area contributed by atoms with Crippen molar-refractivity contribution in [1.29, 1.82) is 0 Å². The summed E-state index contributed by atoms with van der Waals surface area (Å²) in [5.74, 6) is 0. The predicted octanol–water partition coefficient (Wildman–Crippen LogP) is 4.34. The summed E-state index contributed by atoms with van der Waals surface area (Å²) in [4.78, 5) is 28.4. The number of piperidine rings is 1. The standard InChI is InChI=1S/C22H30N4O4/c1-15(2)26-18-12-17(7-6-16(18)13-23-26)25-14-22(30-20(25)28)8-10-24(11-9-22)19(27)29-21(3,4)5/h6-7,12-13,15H,8-11,14H2,1-5H3. The highest BCUT2D eigenvalue weighted by Gasteiger charge is 2.48. The second-order valence-electron chi connectivity index (χ2n) is 9.53. The van der Waals surface area contributed by atoms with Gasteiger partial charge >= 0.3 is 12.2 Å². The van der Waals surface area contributed by atoms with Gasteiger partial charge in [0.1, 0.15) is 11.2 Å². The van der Waals surface area contributed by atoms with E-state index in [4.69, 9.17) is 9.47 Å². The summed E-state index contributed by atoms with van der Waals surface area (Å²) in [6.07, 6.45) is 2.39. The van der Waals surface area contributed by atoms with E-state index in [1.807, 2.05) is 49.8 Å². The summed E-state index contributed by atoms with van der Waals surface area (Å²) >= 11 is 0. The molecule has 162 valence electrons. The number of nitrogens with zero attached hydrogens (tertiary/aromatic N) is 4. The Kier molecular flexibility index (Phi) is 4.91. The zero-order valence-electron chi connectivity index (χ0n) is 18.3. The number of rotatable bonds is 2. The average Bonchev–Trinajstić information content (AvgIpc) is 3.21. The molecule has 3 heterocycles. The molecule has 0 aliphatic carbocycles. The first-order chi connectivity index (χ1) is 14.1. The van der Waals surface area contributed by atoms with Gasteiger partial charge in [-0.1, -0.05) is 0 Å². The van der Waals surface area contributed by atoms with Gasteiger partial charge in [-0.05, 0) is 52.8 Å². The van der Waals surface area contributed by atoms with Gasteiger partial charge in [-0.2, -0.15) is 5.10 Å². The molecule has 2 saturated heterocycles. The van der Waals surface area contributed by atoms with Crippen molar-refractivity contribution in [3.8, 4) is 0 Å². The van der Waals surface area contributed by atoms with Crippen LogP contribution in [0.5, 0.6) is 0 Å². The Balaban J connectivity index is 1.48. The maximum atomic E-state index is 12.7. The Hall–Kier alpha value is -2.77. The molecule has 4 rings (SSSR count). The Morgan fingerprint density at radius 1 is 1.23 bits per heavy atom. The van der Waals surface area contributed by atoms with Crippen molar-refractivity contribution >= 4 is 28.8 Å². The summed E-state index contributed by atoms with van der Waals surface area (Å²) in [7, 11) is 0. The number of anilines is 1. The van der Waals surface area contributed by atoms with Gasteiger partial charge in [0.05, 0.1) is 18.3 Å². The normalized spacial score (nSPS) is 19.1. The van der Waals surface area contributed by atoms with E-state index in [0.717, 1.165) is 16.6 Å². The van der Waals surface area contributed by atoms with Crippen LogP contribution in [0, 0.1) is 0 Å². The van der Waals surface area contributed by atoms with Gasteiger partial charge in [-0.25, -0.2) is 9.59 Å². The third kappa shape index (κ3) is 3.82. The number of aromatic nitrogens is 2. The quantitative estimate of drug-likeness (QED) is 0.730. The monoisotopic (exact) mass is 414 g/mol. The van der Waals surface area contributed by atoms with Crippen molar-refractivity contribution in [3.63, 3.8) is 0 Å². The van der Waals surface area contributed by atoms with Gasteiger partial charge in [0.2, 0.25) is 0 Å². The number of amides is 2. The number of likely N-dealkylation sites (tertiary alicyclic amines) is 1. The van der Waals surface area contributed by atoms with E-state index in [1.54, 1.807) is 9.80 Å². The van der Waals surface area contributed by atoms with Crippen LogP contribution in [-0.4, -0.2) is 57.7 Å². The Morgan fingerprint density at radius 3 is 2.57 bits per heavy atom. The minimum absolute atomic E-state index is 0.229. The summed E-state index contributed by atoms with van der Waals surface area (Å²) < 4.78 is 13.3. The van der Waals surface area contributed by atoms with E-state index in [9.17, 15) is 9.59 Å². The van der Waals surface area contributed by atoms with Gasteiger partial charge < -0.3 is 14.4 Å². The minimum atomic E-state index is -0.567. The highest BCUT2D eigenvalue weighted by Crippen LogP contribution is 2.37. The van der Waals surface area contributed by atoms with E-state index in [2.05, 4.69) is 18.9 Å². The Bertz CT molecular complexity index is 967. The first-order valence-corrected chi connectivity index (χ1v) is 10.5.